The zero-order valence-corrected chi connectivity index (χ0v) is 10.9. The normalized spacial score (nSPS) is 17.6. The summed E-state index contributed by atoms with van der Waals surface area (Å²) in [6.45, 7) is 5.49. The molecule has 0 amide bonds. The number of hydrogen-bond donors (Lipinski definition) is 2. The average Bonchev–Trinajstić information content (AvgIpc) is 2.96. The number of aromatic amines is 1. The second-order valence-electron chi connectivity index (χ2n) is 5.43. The Balaban J connectivity index is 2.23. The van der Waals surface area contributed by atoms with Gasteiger partial charge in [0, 0.05) is 28.6 Å². The smallest absolute Gasteiger partial charge is 0.0488 e. The predicted octanol–water partition coefficient (Wildman–Crippen LogP) is 3.04. The highest BCUT2D eigenvalue weighted by Gasteiger charge is 2.46. The van der Waals surface area contributed by atoms with Gasteiger partial charge in [-0.25, -0.2) is 0 Å². The molecule has 1 aromatic heterocycles. The summed E-state index contributed by atoms with van der Waals surface area (Å²) in [7, 11) is 2.05. The number of para-hydroxylation sites is 1. The molecule has 90 valence electrons. The number of aryl methyl sites for hydroxylation is 2. The molecule has 0 radical (unpaired) electrons. The van der Waals surface area contributed by atoms with Gasteiger partial charge in [-0.1, -0.05) is 18.2 Å². The van der Waals surface area contributed by atoms with Gasteiger partial charge in [0.2, 0.25) is 0 Å². The van der Waals surface area contributed by atoms with Crippen molar-refractivity contribution in [3.05, 3.63) is 35.0 Å². The van der Waals surface area contributed by atoms with E-state index in [0.717, 1.165) is 6.54 Å². The van der Waals surface area contributed by atoms with Crippen LogP contribution in [0.3, 0.4) is 0 Å². The highest BCUT2D eigenvalue weighted by molar-refractivity contribution is 5.88. The molecule has 0 saturated heterocycles. The molecule has 1 heterocycles. The second kappa shape index (κ2) is 3.61. The summed E-state index contributed by atoms with van der Waals surface area (Å²) in [4.78, 5) is 3.57. The lowest BCUT2D eigenvalue weighted by molar-refractivity contribution is 0.625. The third-order valence-electron chi connectivity index (χ3n) is 4.13. The molecule has 1 saturated carbocycles. The van der Waals surface area contributed by atoms with Crippen molar-refractivity contribution in [2.75, 3.05) is 13.6 Å². The number of benzene rings is 1. The van der Waals surface area contributed by atoms with E-state index in [4.69, 9.17) is 0 Å². The van der Waals surface area contributed by atoms with Crippen molar-refractivity contribution < 1.29 is 0 Å². The van der Waals surface area contributed by atoms with Crippen molar-refractivity contribution in [2.24, 2.45) is 0 Å². The molecule has 0 spiro atoms. The molecule has 0 bridgehead atoms. The van der Waals surface area contributed by atoms with E-state index in [2.05, 4.69) is 49.4 Å². The third kappa shape index (κ3) is 1.51. The molecule has 2 heteroatoms. The molecule has 1 aromatic carbocycles. The van der Waals surface area contributed by atoms with Gasteiger partial charge in [-0.2, -0.15) is 0 Å². The van der Waals surface area contributed by atoms with Crippen molar-refractivity contribution in [3.8, 4) is 0 Å². The fourth-order valence-electron chi connectivity index (χ4n) is 3.18. The summed E-state index contributed by atoms with van der Waals surface area (Å²) in [6.07, 6.45) is 2.63. The summed E-state index contributed by atoms with van der Waals surface area (Å²) < 4.78 is 0. The van der Waals surface area contributed by atoms with Gasteiger partial charge in [-0.3, -0.25) is 0 Å². The number of fused-ring (bicyclic) bond motifs is 1. The fourth-order valence-corrected chi connectivity index (χ4v) is 3.18. The minimum atomic E-state index is 0.394. The van der Waals surface area contributed by atoms with Crippen molar-refractivity contribution >= 4 is 10.9 Å². The van der Waals surface area contributed by atoms with E-state index in [0.29, 0.717) is 5.41 Å². The van der Waals surface area contributed by atoms with Gasteiger partial charge < -0.3 is 10.3 Å². The molecule has 17 heavy (non-hydrogen) atoms. The van der Waals surface area contributed by atoms with Crippen LogP contribution in [0.15, 0.2) is 18.2 Å². The summed E-state index contributed by atoms with van der Waals surface area (Å²) in [5, 5.41) is 4.78. The molecule has 2 N–H and O–H groups in total. The Kier molecular flexibility index (Phi) is 2.30. The first-order valence-corrected chi connectivity index (χ1v) is 6.41. The van der Waals surface area contributed by atoms with Crippen LogP contribution in [0.1, 0.15) is 29.7 Å². The second-order valence-corrected chi connectivity index (χ2v) is 5.43. The number of nitrogens with one attached hydrogen (secondary N) is 2. The molecule has 1 aliphatic carbocycles. The Bertz CT molecular complexity index is 562. The van der Waals surface area contributed by atoms with Gasteiger partial charge in [0.15, 0.2) is 0 Å². The molecule has 3 rings (SSSR count). The number of hydrogen-bond acceptors (Lipinski definition) is 1. The molecule has 1 aliphatic rings. The van der Waals surface area contributed by atoms with Crippen molar-refractivity contribution in [3.63, 3.8) is 0 Å². The number of aromatic nitrogens is 1. The molecule has 1 fully saturated rings. The third-order valence-corrected chi connectivity index (χ3v) is 4.13. The molecular formula is C15H20N2. The molecule has 2 nitrogen and oxygen atoms in total. The quantitative estimate of drug-likeness (QED) is 0.830. The highest BCUT2D eigenvalue weighted by Crippen LogP contribution is 2.51. The standard InChI is InChI=1S/C15H20N2/c1-10-5-4-6-12-13(11(2)17-14(10)12)15(7-8-15)9-16-3/h4-6,16-17H,7-9H2,1-3H3. The van der Waals surface area contributed by atoms with Gasteiger partial charge in [0.1, 0.15) is 0 Å². The van der Waals surface area contributed by atoms with Crippen LogP contribution in [0.4, 0.5) is 0 Å². The van der Waals surface area contributed by atoms with Gasteiger partial charge in [0.05, 0.1) is 0 Å². The van der Waals surface area contributed by atoms with E-state index in [-0.39, 0.29) is 0 Å². The van der Waals surface area contributed by atoms with Crippen molar-refractivity contribution in [1.29, 1.82) is 0 Å². The first-order chi connectivity index (χ1) is 8.18. The van der Waals surface area contributed by atoms with Gasteiger partial charge >= 0.3 is 0 Å². The monoisotopic (exact) mass is 228 g/mol. The highest BCUT2D eigenvalue weighted by atomic mass is 14.9. The van der Waals surface area contributed by atoms with Crippen LogP contribution < -0.4 is 5.32 Å². The molecule has 0 unspecified atom stereocenters. The van der Waals surface area contributed by atoms with Crippen LogP contribution in [0.2, 0.25) is 0 Å². The maximum absolute atomic E-state index is 3.57. The molecule has 2 aromatic rings. The lowest BCUT2D eigenvalue weighted by Gasteiger charge is -2.15. The zero-order valence-electron chi connectivity index (χ0n) is 10.9. The minimum Gasteiger partial charge on any atom is -0.358 e. The van der Waals surface area contributed by atoms with Gasteiger partial charge in [0.25, 0.3) is 0 Å². The predicted molar refractivity (Wildman–Crippen MR) is 72.6 cm³/mol. The maximum Gasteiger partial charge on any atom is 0.0488 e. The summed E-state index contributed by atoms with van der Waals surface area (Å²) in [6, 6.07) is 6.61. The van der Waals surface area contributed by atoms with Crippen molar-refractivity contribution in [2.45, 2.75) is 32.1 Å². The molecular weight excluding hydrogens is 208 g/mol. The van der Waals surface area contributed by atoms with E-state index >= 15 is 0 Å². The Morgan fingerprint density at radius 1 is 1.29 bits per heavy atom. The minimum absolute atomic E-state index is 0.394. The van der Waals surface area contributed by atoms with E-state index < -0.39 is 0 Å². The van der Waals surface area contributed by atoms with Crippen LogP contribution in [0, 0.1) is 13.8 Å². The van der Waals surface area contributed by atoms with Gasteiger partial charge in [-0.15, -0.1) is 0 Å². The Morgan fingerprint density at radius 3 is 2.71 bits per heavy atom. The topological polar surface area (TPSA) is 27.8 Å². The Labute approximate surface area is 102 Å². The van der Waals surface area contributed by atoms with Crippen LogP contribution in [0.5, 0.6) is 0 Å². The Hall–Kier alpha value is -1.28. The van der Waals surface area contributed by atoms with E-state index in [1.54, 1.807) is 5.56 Å². The summed E-state index contributed by atoms with van der Waals surface area (Å²) in [5.74, 6) is 0. The average molecular weight is 228 g/mol. The summed E-state index contributed by atoms with van der Waals surface area (Å²) >= 11 is 0. The first kappa shape index (κ1) is 10.8. The Morgan fingerprint density at radius 2 is 2.06 bits per heavy atom. The largest absolute Gasteiger partial charge is 0.358 e. The number of H-pyrrole nitrogens is 1. The number of likely N-dealkylation sites (N-methyl/N-ethyl adjacent to an activating group) is 1. The van der Waals surface area contributed by atoms with Crippen LogP contribution in [-0.4, -0.2) is 18.6 Å². The van der Waals surface area contributed by atoms with Crippen LogP contribution in [-0.2, 0) is 5.41 Å². The molecule has 0 atom stereocenters. The SMILES string of the molecule is CNCC1(c2c(C)[nH]c3c(C)cccc23)CC1. The summed E-state index contributed by atoms with van der Waals surface area (Å²) in [5.41, 5.74) is 5.96. The lowest BCUT2D eigenvalue weighted by Crippen LogP contribution is -2.24. The fraction of sp³-hybridized carbons (Fsp3) is 0.467. The van der Waals surface area contributed by atoms with Gasteiger partial charge in [-0.05, 0) is 44.9 Å². The number of rotatable bonds is 3. The van der Waals surface area contributed by atoms with Crippen LogP contribution in [0.25, 0.3) is 10.9 Å². The van der Waals surface area contributed by atoms with E-state index in [1.165, 1.54) is 35.0 Å². The van der Waals surface area contributed by atoms with E-state index in [9.17, 15) is 0 Å². The van der Waals surface area contributed by atoms with Crippen molar-refractivity contribution in [1.82, 2.24) is 10.3 Å². The lowest BCUT2D eigenvalue weighted by atomic mass is 9.92. The zero-order chi connectivity index (χ0) is 12.0. The maximum atomic E-state index is 3.57. The molecule has 0 aliphatic heterocycles. The first-order valence-electron chi connectivity index (χ1n) is 6.41. The van der Waals surface area contributed by atoms with E-state index in [1.807, 2.05) is 0 Å². The van der Waals surface area contributed by atoms with Crippen LogP contribution >= 0.6 is 0 Å².